The molecule has 1 rings (SSSR count). The molecule has 0 spiro atoms. The lowest BCUT2D eigenvalue weighted by Gasteiger charge is -2.15. The fourth-order valence-corrected chi connectivity index (χ4v) is 1.83. The smallest absolute Gasteiger partial charge is 0.236 e. The number of carbonyl (C=O) groups excluding carboxylic acids is 1. The topological polar surface area (TPSA) is 75.3 Å². The van der Waals surface area contributed by atoms with Crippen LogP contribution in [0.15, 0.2) is 30.3 Å². The van der Waals surface area contributed by atoms with Crippen LogP contribution in [-0.2, 0) is 11.2 Å². The van der Waals surface area contributed by atoms with Gasteiger partial charge in [-0.25, -0.2) is 0 Å². The monoisotopic (exact) mass is 264 g/mol. The lowest BCUT2D eigenvalue weighted by Crippen LogP contribution is -2.42. The zero-order valence-electron chi connectivity index (χ0n) is 11.5. The molecule has 0 radical (unpaired) electrons. The van der Waals surface area contributed by atoms with Crippen LogP contribution in [-0.4, -0.2) is 30.2 Å². The Hall–Kier alpha value is -1.39. The molecule has 0 heterocycles. The van der Waals surface area contributed by atoms with Gasteiger partial charge >= 0.3 is 0 Å². The molecule has 4 nitrogen and oxygen atoms in total. The molecule has 0 aliphatic carbocycles. The van der Waals surface area contributed by atoms with Crippen LogP contribution in [0.5, 0.6) is 0 Å². The van der Waals surface area contributed by atoms with Crippen molar-refractivity contribution in [1.82, 2.24) is 5.32 Å². The largest absolute Gasteiger partial charge is 0.396 e. The van der Waals surface area contributed by atoms with E-state index in [1.165, 1.54) is 5.56 Å². The maximum absolute atomic E-state index is 11.8. The minimum Gasteiger partial charge on any atom is -0.396 e. The van der Waals surface area contributed by atoms with E-state index < -0.39 is 6.04 Å². The van der Waals surface area contributed by atoms with Crippen LogP contribution >= 0.6 is 0 Å². The predicted octanol–water partition coefficient (Wildman–Crippen LogP) is 1.08. The normalized spacial score (nSPS) is 13.8. The quantitative estimate of drug-likeness (QED) is 0.657. The second-order valence-electron chi connectivity index (χ2n) is 4.99. The number of amides is 1. The summed E-state index contributed by atoms with van der Waals surface area (Å²) in [6.45, 7) is 2.71. The first-order chi connectivity index (χ1) is 9.13. The molecular weight excluding hydrogens is 240 g/mol. The first kappa shape index (κ1) is 15.7. The van der Waals surface area contributed by atoms with Crippen LogP contribution in [0.1, 0.15) is 25.3 Å². The zero-order valence-corrected chi connectivity index (χ0v) is 11.5. The van der Waals surface area contributed by atoms with E-state index in [-0.39, 0.29) is 18.4 Å². The molecule has 0 saturated carbocycles. The van der Waals surface area contributed by atoms with Crippen molar-refractivity contribution in [2.45, 2.75) is 32.2 Å². The van der Waals surface area contributed by atoms with Crippen molar-refractivity contribution in [2.24, 2.45) is 11.7 Å². The molecule has 1 aromatic carbocycles. The maximum Gasteiger partial charge on any atom is 0.236 e. The van der Waals surface area contributed by atoms with Gasteiger partial charge in [0.25, 0.3) is 0 Å². The molecule has 1 unspecified atom stereocenters. The second kappa shape index (κ2) is 8.67. The third-order valence-corrected chi connectivity index (χ3v) is 3.17. The second-order valence-corrected chi connectivity index (χ2v) is 4.99. The fourth-order valence-electron chi connectivity index (χ4n) is 1.83. The van der Waals surface area contributed by atoms with Gasteiger partial charge in [0, 0.05) is 13.2 Å². The summed E-state index contributed by atoms with van der Waals surface area (Å²) in [5, 5.41) is 11.6. The number of aliphatic hydroxyl groups excluding tert-OH is 1. The van der Waals surface area contributed by atoms with Crippen molar-refractivity contribution in [3.8, 4) is 0 Å². The van der Waals surface area contributed by atoms with Gasteiger partial charge in [-0.2, -0.15) is 0 Å². The van der Waals surface area contributed by atoms with E-state index in [0.717, 1.165) is 6.42 Å². The van der Waals surface area contributed by atoms with Crippen LogP contribution in [0.2, 0.25) is 0 Å². The summed E-state index contributed by atoms with van der Waals surface area (Å²) in [5.74, 6) is 0.163. The molecular formula is C15H24N2O2. The Balaban J connectivity index is 2.25. The third kappa shape index (κ3) is 6.36. The molecule has 4 heteroatoms. The molecule has 0 aliphatic rings. The Kier molecular flexibility index (Phi) is 7.15. The molecule has 0 saturated heterocycles. The number of carbonyl (C=O) groups is 1. The summed E-state index contributed by atoms with van der Waals surface area (Å²) in [4.78, 5) is 11.8. The van der Waals surface area contributed by atoms with Gasteiger partial charge < -0.3 is 16.2 Å². The number of rotatable bonds is 8. The molecule has 2 atom stereocenters. The van der Waals surface area contributed by atoms with E-state index in [4.69, 9.17) is 10.8 Å². The average Bonchev–Trinajstić information content (AvgIpc) is 2.43. The molecule has 0 fully saturated rings. The van der Waals surface area contributed by atoms with Gasteiger partial charge in [0.1, 0.15) is 0 Å². The van der Waals surface area contributed by atoms with E-state index in [0.29, 0.717) is 19.4 Å². The lowest BCUT2D eigenvalue weighted by molar-refractivity contribution is -0.122. The van der Waals surface area contributed by atoms with Crippen molar-refractivity contribution >= 4 is 5.91 Å². The Morgan fingerprint density at radius 2 is 2.00 bits per heavy atom. The van der Waals surface area contributed by atoms with Crippen molar-refractivity contribution in [2.75, 3.05) is 13.2 Å². The van der Waals surface area contributed by atoms with E-state index >= 15 is 0 Å². The number of hydrogen-bond donors (Lipinski definition) is 3. The highest BCUT2D eigenvalue weighted by molar-refractivity contribution is 5.81. The highest BCUT2D eigenvalue weighted by Crippen LogP contribution is 2.04. The van der Waals surface area contributed by atoms with E-state index in [2.05, 4.69) is 5.32 Å². The Labute approximate surface area is 115 Å². The Bertz CT molecular complexity index is 368. The van der Waals surface area contributed by atoms with Crippen LogP contribution in [0.25, 0.3) is 0 Å². The van der Waals surface area contributed by atoms with Crippen LogP contribution in [0.3, 0.4) is 0 Å². The van der Waals surface area contributed by atoms with Gasteiger partial charge in [0.05, 0.1) is 6.04 Å². The first-order valence-corrected chi connectivity index (χ1v) is 6.81. The number of nitrogens with one attached hydrogen (secondary N) is 1. The lowest BCUT2D eigenvalue weighted by atomic mass is 10.0. The molecule has 19 heavy (non-hydrogen) atoms. The van der Waals surface area contributed by atoms with Crippen LogP contribution in [0, 0.1) is 5.92 Å². The summed E-state index contributed by atoms with van der Waals surface area (Å²) in [6.07, 6.45) is 2.14. The summed E-state index contributed by atoms with van der Waals surface area (Å²) in [5.41, 5.74) is 7.06. The first-order valence-electron chi connectivity index (χ1n) is 6.81. The van der Waals surface area contributed by atoms with E-state index in [9.17, 15) is 4.79 Å². The SMILES string of the molecule is CC(CCO)CNC(=O)[C@@H](N)CCc1ccccc1. The zero-order chi connectivity index (χ0) is 14.1. The Morgan fingerprint density at radius 1 is 1.32 bits per heavy atom. The molecule has 0 aromatic heterocycles. The van der Waals surface area contributed by atoms with Gasteiger partial charge in [0.15, 0.2) is 0 Å². The van der Waals surface area contributed by atoms with Crippen LogP contribution in [0.4, 0.5) is 0 Å². The van der Waals surface area contributed by atoms with Crippen molar-refractivity contribution in [3.63, 3.8) is 0 Å². The average molecular weight is 264 g/mol. The summed E-state index contributed by atoms with van der Waals surface area (Å²) in [6, 6.07) is 9.54. The molecule has 1 amide bonds. The van der Waals surface area contributed by atoms with Crippen molar-refractivity contribution < 1.29 is 9.90 Å². The highest BCUT2D eigenvalue weighted by Gasteiger charge is 2.13. The van der Waals surface area contributed by atoms with Gasteiger partial charge in [-0.3, -0.25) is 4.79 Å². The summed E-state index contributed by atoms with van der Waals surface area (Å²) < 4.78 is 0. The molecule has 0 bridgehead atoms. The summed E-state index contributed by atoms with van der Waals surface area (Å²) >= 11 is 0. The number of nitrogens with two attached hydrogens (primary N) is 1. The molecule has 0 aliphatic heterocycles. The minimum absolute atomic E-state index is 0.110. The van der Waals surface area contributed by atoms with Crippen LogP contribution < -0.4 is 11.1 Å². The van der Waals surface area contributed by atoms with Crippen molar-refractivity contribution in [1.29, 1.82) is 0 Å². The number of aryl methyl sites for hydroxylation is 1. The highest BCUT2D eigenvalue weighted by atomic mass is 16.3. The maximum atomic E-state index is 11.8. The summed E-state index contributed by atoms with van der Waals surface area (Å²) in [7, 11) is 0. The van der Waals surface area contributed by atoms with Gasteiger partial charge in [-0.15, -0.1) is 0 Å². The van der Waals surface area contributed by atoms with Gasteiger partial charge in [-0.1, -0.05) is 37.3 Å². The van der Waals surface area contributed by atoms with E-state index in [1.54, 1.807) is 0 Å². The Morgan fingerprint density at radius 3 is 2.63 bits per heavy atom. The number of hydrogen-bond acceptors (Lipinski definition) is 3. The van der Waals surface area contributed by atoms with E-state index in [1.807, 2.05) is 37.3 Å². The number of aliphatic hydroxyl groups is 1. The predicted molar refractivity (Wildman–Crippen MR) is 76.6 cm³/mol. The molecule has 106 valence electrons. The van der Waals surface area contributed by atoms with Gasteiger partial charge in [0.2, 0.25) is 5.91 Å². The minimum atomic E-state index is -0.471. The molecule has 4 N–H and O–H groups in total. The number of benzene rings is 1. The molecule has 1 aromatic rings. The van der Waals surface area contributed by atoms with Gasteiger partial charge in [-0.05, 0) is 30.7 Å². The fraction of sp³-hybridized carbons (Fsp3) is 0.533. The van der Waals surface area contributed by atoms with Crippen molar-refractivity contribution in [3.05, 3.63) is 35.9 Å². The third-order valence-electron chi connectivity index (χ3n) is 3.17. The standard InChI is InChI=1S/C15H24N2O2/c1-12(9-10-18)11-17-15(19)14(16)8-7-13-5-3-2-4-6-13/h2-6,12,14,18H,7-11,16H2,1H3,(H,17,19)/t12?,14-/m0/s1.